The number of hydrogen-bond acceptors (Lipinski definition) is 11. The molecule has 0 aliphatic carbocycles. The van der Waals surface area contributed by atoms with Gasteiger partial charge in [-0.3, -0.25) is 14.3 Å². The van der Waals surface area contributed by atoms with E-state index in [4.69, 9.17) is 32.4 Å². The molecule has 13 nitrogen and oxygen atoms in total. The summed E-state index contributed by atoms with van der Waals surface area (Å²) < 4.78 is 67.2. The van der Waals surface area contributed by atoms with Crippen LogP contribution in [0.4, 0.5) is 4.39 Å². The molecule has 1 N–H and O–H groups in total. The fourth-order valence-corrected chi connectivity index (χ4v) is 10.2. The lowest BCUT2D eigenvalue weighted by atomic mass is 9.80. The molecule has 1 fully saturated rings. The highest BCUT2D eigenvalue weighted by atomic mass is 31.2. The fraction of sp³-hybridized carbons (Fsp3) is 0.489. The van der Waals surface area contributed by atoms with E-state index in [0.717, 1.165) is 4.57 Å². The van der Waals surface area contributed by atoms with Gasteiger partial charge in [-0.15, -0.1) is 0 Å². The van der Waals surface area contributed by atoms with Gasteiger partial charge in [0.25, 0.3) is 19.9 Å². The van der Waals surface area contributed by atoms with Gasteiger partial charge in [-0.1, -0.05) is 75.4 Å². The largest absolute Gasteiger partial charge is 0.497 e. The Morgan fingerprint density at radius 2 is 1.44 bits per heavy atom. The molecule has 5 atom stereocenters. The number of aromatic amines is 1. The number of benzene rings is 3. The van der Waals surface area contributed by atoms with Crippen LogP contribution in [0.3, 0.4) is 0 Å². The van der Waals surface area contributed by atoms with Crippen LogP contribution in [0, 0.1) is 11.3 Å². The van der Waals surface area contributed by atoms with Gasteiger partial charge in [0.05, 0.1) is 33.3 Å². The predicted molar refractivity (Wildman–Crippen MR) is 236 cm³/mol. The van der Waals surface area contributed by atoms with Crippen molar-refractivity contribution in [2.75, 3.05) is 27.4 Å². The lowest BCUT2D eigenvalue weighted by Gasteiger charge is -2.43. The Morgan fingerprint density at radius 3 is 1.92 bits per heavy atom. The molecule has 1 saturated heterocycles. The summed E-state index contributed by atoms with van der Waals surface area (Å²) in [6.07, 6.45) is -2.95. The van der Waals surface area contributed by atoms with E-state index in [2.05, 4.69) is 11.1 Å². The van der Waals surface area contributed by atoms with Crippen LogP contribution in [0.1, 0.15) is 77.8 Å². The van der Waals surface area contributed by atoms with E-state index >= 15 is 4.39 Å². The molecule has 0 amide bonds. The minimum absolute atomic E-state index is 0.0180. The average Bonchev–Trinajstić information content (AvgIpc) is 3.47. The third-order valence-corrected chi connectivity index (χ3v) is 17.8. The molecule has 4 aromatic rings. The summed E-state index contributed by atoms with van der Waals surface area (Å²) in [6.45, 7) is 17.4. The first-order chi connectivity index (χ1) is 28.8. The van der Waals surface area contributed by atoms with Crippen LogP contribution in [-0.4, -0.2) is 80.1 Å². The Hall–Kier alpha value is -4.23. The summed E-state index contributed by atoms with van der Waals surface area (Å²) >= 11 is 0. The normalized spacial score (nSPS) is 20.3. The molecule has 0 bridgehead atoms. The van der Waals surface area contributed by atoms with Crippen molar-refractivity contribution < 1.29 is 36.8 Å². The number of nitriles is 1. The summed E-state index contributed by atoms with van der Waals surface area (Å²) in [7, 11) is -1.77. The second-order valence-electron chi connectivity index (χ2n) is 17.0. The Balaban J connectivity index is 1.77. The summed E-state index contributed by atoms with van der Waals surface area (Å²) in [5, 5.41) is 9.10. The number of hydrogen-bond donors (Lipinski definition) is 1. The summed E-state index contributed by atoms with van der Waals surface area (Å²) in [4.78, 5) is 28.3. The fourth-order valence-electron chi connectivity index (χ4n) is 7.14. The van der Waals surface area contributed by atoms with E-state index in [9.17, 15) is 14.9 Å². The predicted octanol–water partition coefficient (Wildman–Crippen LogP) is 8.81. The molecule has 0 spiro atoms. The van der Waals surface area contributed by atoms with Gasteiger partial charge in [-0.05, 0) is 86.8 Å². The van der Waals surface area contributed by atoms with Crippen molar-refractivity contribution in [2.24, 2.45) is 0 Å². The number of nitrogens with one attached hydrogen (secondary N) is 1. The zero-order valence-electron chi connectivity index (χ0n) is 37.0. The second-order valence-corrected chi connectivity index (χ2v) is 23.2. The molecular weight excluding hydrogens is 819 g/mol. The maximum Gasteiger partial charge on any atom is 0.330 e. The molecule has 61 heavy (non-hydrogen) atoms. The number of rotatable bonds is 19. The minimum atomic E-state index is -2.84. The van der Waals surface area contributed by atoms with Crippen LogP contribution in [0.25, 0.3) is 0 Å². The maximum atomic E-state index is 19.1. The summed E-state index contributed by atoms with van der Waals surface area (Å²) in [5.41, 5.74) is -0.933. The first kappa shape index (κ1) is 47.8. The smallest absolute Gasteiger partial charge is 0.330 e. The molecule has 0 radical (unpaired) electrons. The summed E-state index contributed by atoms with van der Waals surface area (Å²) in [6, 6.07) is 27.2. The Morgan fingerprint density at radius 1 is 0.902 bits per heavy atom. The zero-order chi connectivity index (χ0) is 44.8. The highest BCUT2D eigenvalue weighted by Crippen LogP contribution is 2.55. The van der Waals surface area contributed by atoms with Gasteiger partial charge in [0.15, 0.2) is 20.6 Å². The molecule has 330 valence electrons. The highest BCUT2D eigenvalue weighted by Gasteiger charge is 2.63. The highest BCUT2D eigenvalue weighted by molar-refractivity contribution is 7.44. The van der Waals surface area contributed by atoms with Gasteiger partial charge in [-0.25, -0.2) is 13.9 Å². The van der Waals surface area contributed by atoms with Crippen LogP contribution in [0.2, 0.25) is 18.1 Å². The Labute approximate surface area is 360 Å². The van der Waals surface area contributed by atoms with Crippen molar-refractivity contribution in [3.8, 4) is 17.6 Å². The number of alkyl halides is 1. The van der Waals surface area contributed by atoms with Crippen molar-refractivity contribution in [3.63, 3.8) is 0 Å². The zero-order valence-corrected chi connectivity index (χ0v) is 38.9. The van der Waals surface area contributed by atoms with Crippen LogP contribution in [0.15, 0.2) is 101 Å². The Bertz CT molecular complexity index is 2140. The van der Waals surface area contributed by atoms with Gasteiger partial charge in [-0.2, -0.15) is 5.26 Å². The van der Waals surface area contributed by atoms with Crippen molar-refractivity contribution in [1.82, 2.24) is 14.2 Å². The first-order valence-corrected chi connectivity index (χ1v) is 24.4. The molecule has 1 aliphatic heterocycles. The molecule has 1 unspecified atom stereocenters. The van der Waals surface area contributed by atoms with E-state index in [1.54, 1.807) is 14.2 Å². The summed E-state index contributed by atoms with van der Waals surface area (Å²) in [5.74, 6) is -1.62. The van der Waals surface area contributed by atoms with Crippen LogP contribution in [-0.2, 0) is 28.5 Å². The lowest BCUT2D eigenvalue weighted by Crippen LogP contribution is -2.53. The first-order valence-electron chi connectivity index (χ1n) is 20.4. The maximum absolute atomic E-state index is 19.1. The number of methoxy groups -OCH3 is 2. The van der Waals surface area contributed by atoms with Crippen molar-refractivity contribution in [2.45, 2.75) is 115 Å². The number of H-pyrrole nitrogens is 1. The third kappa shape index (κ3) is 10.5. The monoisotopic (exact) mass is 878 g/mol. The van der Waals surface area contributed by atoms with Gasteiger partial charge in [0.1, 0.15) is 29.8 Å². The molecule has 1 aromatic heterocycles. The second kappa shape index (κ2) is 19.9. The van der Waals surface area contributed by atoms with Gasteiger partial charge < -0.3 is 32.4 Å². The number of ether oxygens (including phenoxy) is 4. The minimum Gasteiger partial charge on any atom is -0.497 e. The molecule has 1 aliphatic rings. The number of halogens is 1. The number of nitrogens with zero attached hydrogens (tertiary/aromatic N) is 3. The topological polar surface area (TPSA) is 147 Å². The molecular formula is C45H60FN4O9PSi. The average molecular weight is 879 g/mol. The Kier molecular flexibility index (Phi) is 15.6. The number of aromatic nitrogens is 2. The van der Waals surface area contributed by atoms with Gasteiger partial charge in [0, 0.05) is 24.3 Å². The molecule has 0 saturated carbocycles. The van der Waals surface area contributed by atoms with Crippen molar-refractivity contribution in [3.05, 3.63) is 129 Å². The molecule has 2 heterocycles. The lowest BCUT2D eigenvalue weighted by molar-refractivity contribution is -0.225. The van der Waals surface area contributed by atoms with E-state index < -0.39 is 64.6 Å². The molecule has 5 rings (SSSR count). The SMILES string of the molecule is COc1ccc(C(OC[C@@]2(F)O[C@@H](n3ccc(=O)[nH]c3=O)[C@@H](O[Si](C)(C)C(C)(C)C)[C@H]2OP(OCCC#N)N(C(C)C)C(C)C)(c2ccccc2)c2ccc(OC)cc2)cc1. The standard InChI is InChI=1S/C45H60FN4O9PSi/c1-31(2)50(32(3)4)60(56-29-15-27-47)58-40-39(59-61(10,11)43(5,6)7)41(49-28-26-38(51)48-42(49)52)57-44(40,46)30-55-45(33-16-13-12-14-17-33,34-18-22-36(53-8)23-19-34)35-20-24-37(54-9)25-21-35/h12-14,16-26,28,31-32,39-41H,15,29-30H2,1-11H3,(H,48,51,52)/t39-,40+,41+,44+,60?/m0/s1. The van der Waals surface area contributed by atoms with E-state index in [1.165, 1.54) is 12.3 Å². The van der Waals surface area contributed by atoms with Gasteiger partial charge >= 0.3 is 5.69 Å². The van der Waals surface area contributed by atoms with Crippen LogP contribution >= 0.6 is 8.53 Å². The third-order valence-electron chi connectivity index (χ3n) is 11.2. The van der Waals surface area contributed by atoms with E-state index in [0.29, 0.717) is 28.2 Å². The van der Waals surface area contributed by atoms with Crippen molar-refractivity contribution >= 4 is 16.8 Å². The van der Waals surface area contributed by atoms with Gasteiger partial charge in [0.2, 0.25) is 0 Å². The van der Waals surface area contributed by atoms with E-state index in [-0.39, 0.29) is 30.1 Å². The van der Waals surface area contributed by atoms with Crippen LogP contribution in [0.5, 0.6) is 11.5 Å². The quantitative estimate of drug-likeness (QED) is 0.0417. The molecule has 3 aromatic carbocycles. The van der Waals surface area contributed by atoms with Crippen LogP contribution < -0.4 is 20.7 Å². The van der Waals surface area contributed by atoms with Crippen molar-refractivity contribution in [1.29, 1.82) is 5.26 Å². The van der Waals surface area contributed by atoms with E-state index in [1.807, 2.05) is 145 Å². The molecule has 16 heteroatoms.